The molecule has 0 bridgehead atoms. The summed E-state index contributed by atoms with van der Waals surface area (Å²) in [4.78, 5) is 12.6. The molecule has 1 aliphatic rings. The second-order valence-corrected chi connectivity index (χ2v) is 7.05. The molecule has 3 nitrogen and oxygen atoms in total. The van der Waals surface area contributed by atoms with Gasteiger partial charge in [0, 0.05) is 6.04 Å². The molecular formula is C22H27NO2. The predicted octanol–water partition coefficient (Wildman–Crippen LogP) is 4.32. The molecule has 25 heavy (non-hydrogen) atoms. The standard InChI is InChI=1S/C22H27NO2/c1-16(22(25)23-20-13-6-3-7-14-20)18-11-8-12-19(15-18)21(24)17-9-4-2-5-10-17/h2,4-5,8-12,15-16,20-21,24H,3,6-7,13-14H2,1H3,(H,23,25). The van der Waals surface area contributed by atoms with Crippen LogP contribution in [-0.4, -0.2) is 17.1 Å². The van der Waals surface area contributed by atoms with E-state index < -0.39 is 6.10 Å². The average Bonchev–Trinajstić information content (AvgIpc) is 2.68. The summed E-state index contributed by atoms with van der Waals surface area (Å²) in [6.07, 6.45) is 5.20. The topological polar surface area (TPSA) is 49.3 Å². The molecule has 1 aliphatic carbocycles. The lowest BCUT2D eigenvalue weighted by atomic mass is 9.92. The molecular weight excluding hydrogens is 310 g/mol. The monoisotopic (exact) mass is 337 g/mol. The number of benzene rings is 2. The maximum Gasteiger partial charge on any atom is 0.227 e. The second-order valence-electron chi connectivity index (χ2n) is 7.05. The summed E-state index contributed by atoms with van der Waals surface area (Å²) < 4.78 is 0. The Morgan fingerprint density at radius 1 is 0.960 bits per heavy atom. The highest BCUT2D eigenvalue weighted by Crippen LogP contribution is 2.26. The van der Waals surface area contributed by atoms with Crippen molar-refractivity contribution in [2.24, 2.45) is 0 Å². The SMILES string of the molecule is CC(C(=O)NC1CCCCC1)c1cccc(C(O)c2ccccc2)c1. The van der Waals surface area contributed by atoms with Gasteiger partial charge in [0.25, 0.3) is 0 Å². The van der Waals surface area contributed by atoms with Crippen LogP contribution in [0.25, 0.3) is 0 Å². The Balaban J connectivity index is 1.70. The second kappa shape index (κ2) is 8.30. The van der Waals surface area contributed by atoms with Crippen molar-refractivity contribution in [2.45, 2.75) is 57.1 Å². The zero-order valence-electron chi connectivity index (χ0n) is 14.8. The molecule has 0 saturated heterocycles. The van der Waals surface area contributed by atoms with Crippen molar-refractivity contribution < 1.29 is 9.90 Å². The van der Waals surface area contributed by atoms with Gasteiger partial charge in [-0.3, -0.25) is 4.79 Å². The van der Waals surface area contributed by atoms with Crippen LogP contribution in [0.2, 0.25) is 0 Å². The van der Waals surface area contributed by atoms with Crippen molar-refractivity contribution >= 4 is 5.91 Å². The highest BCUT2D eigenvalue weighted by atomic mass is 16.3. The van der Waals surface area contributed by atoms with Crippen LogP contribution in [0, 0.1) is 0 Å². The summed E-state index contributed by atoms with van der Waals surface area (Å²) in [7, 11) is 0. The normalized spacial score (nSPS) is 17.7. The van der Waals surface area contributed by atoms with E-state index in [1.807, 2.05) is 61.5 Å². The number of hydrogen-bond donors (Lipinski definition) is 2. The highest BCUT2D eigenvalue weighted by Gasteiger charge is 2.21. The zero-order valence-corrected chi connectivity index (χ0v) is 14.8. The molecule has 1 amide bonds. The summed E-state index contributed by atoms with van der Waals surface area (Å²) in [5.74, 6) is -0.136. The summed E-state index contributed by atoms with van der Waals surface area (Å²) in [5.41, 5.74) is 2.63. The Morgan fingerprint density at radius 2 is 1.60 bits per heavy atom. The van der Waals surface area contributed by atoms with Crippen LogP contribution in [0.3, 0.4) is 0 Å². The van der Waals surface area contributed by atoms with Crippen LogP contribution >= 0.6 is 0 Å². The number of aliphatic hydroxyl groups excluding tert-OH is 1. The molecule has 0 spiro atoms. The molecule has 2 atom stereocenters. The van der Waals surface area contributed by atoms with Crippen LogP contribution < -0.4 is 5.32 Å². The highest BCUT2D eigenvalue weighted by molar-refractivity contribution is 5.83. The molecule has 1 fully saturated rings. The first-order valence-corrected chi connectivity index (χ1v) is 9.28. The van der Waals surface area contributed by atoms with Gasteiger partial charge in [0.15, 0.2) is 0 Å². The number of hydrogen-bond acceptors (Lipinski definition) is 2. The molecule has 3 heteroatoms. The number of carbonyl (C=O) groups is 1. The first-order valence-electron chi connectivity index (χ1n) is 9.28. The van der Waals surface area contributed by atoms with Gasteiger partial charge in [-0.2, -0.15) is 0 Å². The predicted molar refractivity (Wildman–Crippen MR) is 100 cm³/mol. The lowest BCUT2D eigenvalue weighted by Gasteiger charge is -2.25. The Bertz CT molecular complexity index is 692. The number of carbonyl (C=O) groups excluding carboxylic acids is 1. The molecule has 0 aromatic heterocycles. The van der Waals surface area contributed by atoms with Crippen molar-refractivity contribution in [3.63, 3.8) is 0 Å². The van der Waals surface area contributed by atoms with Crippen LogP contribution in [0.1, 0.15) is 67.7 Å². The van der Waals surface area contributed by atoms with Gasteiger partial charge in [-0.1, -0.05) is 73.9 Å². The number of aliphatic hydroxyl groups is 1. The van der Waals surface area contributed by atoms with Crippen molar-refractivity contribution in [1.82, 2.24) is 5.32 Å². The number of amides is 1. The number of nitrogens with one attached hydrogen (secondary N) is 1. The number of rotatable bonds is 5. The minimum absolute atomic E-state index is 0.0817. The Morgan fingerprint density at radius 3 is 2.32 bits per heavy atom. The molecule has 132 valence electrons. The largest absolute Gasteiger partial charge is 0.384 e. The van der Waals surface area contributed by atoms with Crippen molar-refractivity contribution in [3.05, 3.63) is 71.3 Å². The molecule has 0 heterocycles. The fourth-order valence-electron chi connectivity index (χ4n) is 3.55. The van der Waals surface area contributed by atoms with E-state index >= 15 is 0 Å². The van der Waals surface area contributed by atoms with Crippen molar-refractivity contribution in [1.29, 1.82) is 0 Å². The van der Waals surface area contributed by atoms with E-state index in [9.17, 15) is 9.90 Å². The van der Waals surface area contributed by atoms with Gasteiger partial charge in [-0.05, 0) is 36.5 Å². The Hall–Kier alpha value is -2.13. The van der Waals surface area contributed by atoms with Crippen LogP contribution in [0.5, 0.6) is 0 Å². The van der Waals surface area contributed by atoms with Gasteiger partial charge >= 0.3 is 0 Å². The Kier molecular flexibility index (Phi) is 5.87. The smallest absolute Gasteiger partial charge is 0.227 e. The van der Waals surface area contributed by atoms with E-state index in [0.29, 0.717) is 6.04 Å². The maximum absolute atomic E-state index is 12.6. The molecule has 3 rings (SSSR count). The van der Waals surface area contributed by atoms with Gasteiger partial charge in [-0.25, -0.2) is 0 Å². The third-order valence-electron chi connectivity index (χ3n) is 5.19. The Labute approximate surface area is 150 Å². The molecule has 2 unspecified atom stereocenters. The van der Waals surface area contributed by atoms with E-state index in [0.717, 1.165) is 29.5 Å². The van der Waals surface area contributed by atoms with Crippen molar-refractivity contribution in [3.8, 4) is 0 Å². The molecule has 2 aromatic carbocycles. The first kappa shape index (κ1) is 17.7. The van der Waals surface area contributed by atoms with Gasteiger partial charge in [0.2, 0.25) is 5.91 Å². The van der Waals surface area contributed by atoms with Gasteiger partial charge < -0.3 is 10.4 Å². The van der Waals surface area contributed by atoms with E-state index in [1.165, 1.54) is 19.3 Å². The lowest BCUT2D eigenvalue weighted by molar-refractivity contribution is -0.123. The zero-order chi connectivity index (χ0) is 17.6. The molecule has 0 aliphatic heterocycles. The minimum Gasteiger partial charge on any atom is -0.384 e. The summed E-state index contributed by atoms with van der Waals surface area (Å²) >= 11 is 0. The van der Waals surface area contributed by atoms with E-state index in [1.54, 1.807) is 0 Å². The quantitative estimate of drug-likeness (QED) is 0.853. The fraction of sp³-hybridized carbons (Fsp3) is 0.409. The summed E-state index contributed by atoms with van der Waals surface area (Å²) in [6.45, 7) is 1.94. The van der Waals surface area contributed by atoms with Crippen LogP contribution in [0.4, 0.5) is 0 Å². The summed E-state index contributed by atoms with van der Waals surface area (Å²) in [6, 6.07) is 17.7. The van der Waals surface area contributed by atoms with Crippen LogP contribution in [-0.2, 0) is 4.79 Å². The fourth-order valence-corrected chi connectivity index (χ4v) is 3.55. The average molecular weight is 337 g/mol. The molecule has 0 radical (unpaired) electrons. The van der Waals surface area contributed by atoms with Crippen molar-refractivity contribution in [2.75, 3.05) is 0 Å². The molecule has 2 N–H and O–H groups in total. The van der Waals surface area contributed by atoms with Gasteiger partial charge in [-0.15, -0.1) is 0 Å². The van der Waals surface area contributed by atoms with E-state index in [-0.39, 0.29) is 11.8 Å². The molecule has 2 aromatic rings. The molecule has 1 saturated carbocycles. The maximum atomic E-state index is 12.6. The van der Waals surface area contributed by atoms with Crippen LogP contribution in [0.15, 0.2) is 54.6 Å². The van der Waals surface area contributed by atoms with Gasteiger partial charge in [0.05, 0.1) is 5.92 Å². The lowest BCUT2D eigenvalue weighted by Crippen LogP contribution is -2.38. The minimum atomic E-state index is -0.672. The van der Waals surface area contributed by atoms with E-state index in [4.69, 9.17) is 0 Å². The third kappa shape index (κ3) is 4.49. The first-order chi connectivity index (χ1) is 12.1. The third-order valence-corrected chi connectivity index (χ3v) is 5.19. The van der Waals surface area contributed by atoms with E-state index in [2.05, 4.69) is 5.32 Å². The van der Waals surface area contributed by atoms with Gasteiger partial charge in [0.1, 0.15) is 6.10 Å². The summed E-state index contributed by atoms with van der Waals surface area (Å²) in [5, 5.41) is 13.8.